The van der Waals surface area contributed by atoms with Crippen LogP contribution in [0.5, 0.6) is 11.5 Å². The van der Waals surface area contributed by atoms with Gasteiger partial charge in [-0.05, 0) is 49.4 Å². The minimum atomic E-state index is -0.228. The van der Waals surface area contributed by atoms with Crippen LogP contribution in [0.2, 0.25) is 0 Å². The number of anilines is 1. The quantitative estimate of drug-likeness (QED) is 0.662. The van der Waals surface area contributed by atoms with Crippen molar-refractivity contribution in [1.82, 2.24) is 14.7 Å². The van der Waals surface area contributed by atoms with E-state index < -0.39 is 0 Å². The first-order valence-corrected chi connectivity index (χ1v) is 10.1. The topological polar surface area (TPSA) is 85.7 Å². The maximum atomic E-state index is 12.6. The predicted molar refractivity (Wildman–Crippen MR) is 115 cm³/mol. The standard InChI is InChI=1S/C23H24N4O4/c1-17-15-21(23(29)26-11-13-30-14-12-26)25-27(17)16-22(28)24-18-7-9-20(10-8-18)31-19-5-3-2-4-6-19/h2-10,15H,11-14,16H2,1H3,(H,24,28). The number of nitrogens with zero attached hydrogens (tertiary/aromatic N) is 3. The molecule has 0 unspecified atom stereocenters. The number of benzene rings is 2. The molecule has 0 aliphatic carbocycles. The van der Waals surface area contributed by atoms with Crippen molar-refractivity contribution in [3.63, 3.8) is 0 Å². The number of amides is 2. The van der Waals surface area contributed by atoms with E-state index in [1.807, 2.05) is 37.3 Å². The molecule has 0 spiro atoms. The molecule has 8 nitrogen and oxygen atoms in total. The highest BCUT2D eigenvalue weighted by Crippen LogP contribution is 2.22. The summed E-state index contributed by atoms with van der Waals surface area (Å²) in [5, 5.41) is 7.17. The molecule has 2 amide bonds. The Morgan fingerprint density at radius 2 is 1.71 bits per heavy atom. The average molecular weight is 420 g/mol. The van der Waals surface area contributed by atoms with Crippen LogP contribution in [0.1, 0.15) is 16.2 Å². The first kappa shape index (κ1) is 20.6. The molecule has 1 aliphatic heterocycles. The predicted octanol–water partition coefficient (Wildman–Crippen LogP) is 3.09. The number of hydrogen-bond donors (Lipinski definition) is 1. The molecule has 1 aromatic heterocycles. The highest BCUT2D eigenvalue weighted by atomic mass is 16.5. The SMILES string of the molecule is Cc1cc(C(=O)N2CCOCC2)nn1CC(=O)Nc1ccc(Oc2ccccc2)cc1. The lowest BCUT2D eigenvalue weighted by Gasteiger charge is -2.25. The summed E-state index contributed by atoms with van der Waals surface area (Å²) in [5.74, 6) is 1.06. The zero-order valence-electron chi connectivity index (χ0n) is 17.3. The molecule has 8 heteroatoms. The van der Waals surface area contributed by atoms with Gasteiger partial charge in [-0.3, -0.25) is 14.3 Å². The molecule has 1 aliphatic rings. The van der Waals surface area contributed by atoms with Crippen LogP contribution >= 0.6 is 0 Å². The van der Waals surface area contributed by atoms with Crippen molar-refractivity contribution < 1.29 is 19.1 Å². The van der Waals surface area contributed by atoms with Crippen LogP contribution < -0.4 is 10.1 Å². The number of hydrogen-bond acceptors (Lipinski definition) is 5. The summed E-state index contributed by atoms with van der Waals surface area (Å²) in [5.41, 5.74) is 1.74. The Balaban J connectivity index is 1.34. The van der Waals surface area contributed by atoms with E-state index in [1.165, 1.54) is 4.68 Å². The monoisotopic (exact) mass is 420 g/mol. The molecule has 2 aromatic carbocycles. The van der Waals surface area contributed by atoms with E-state index in [4.69, 9.17) is 9.47 Å². The number of ether oxygens (including phenoxy) is 2. The highest BCUT2D eigenvalue weighted by molar-refractivity contribution is 5.93. The van der Waals surface area contributed by atoms with Crippen LogP contribution in [0.25, 0.3) is 0 Å². The number of aromatic nitrogens is 2. The van der Waals surface area contributed by atoms with Gasteiger partial charge < -0.3 is 19.7 Å². The Bertz CT molecular complexity index is 1040. The number of carbonyl (C=O) groups excluding carboxylic acids is 2. The van der Waals surface area contributed by atoms with Crippen LogP contribution in [0.15, 0.2) is 60.7 Å². The van der Waals surface area contributed by atoms with Gasteiger partial charge in [0, 0.05) is 24.5 Å². The third-order valence-electron chi connectivity index (χ3n) is 4.91. The smallest absolute Gasteiger partial charge is 0.274 e. The number of nitrogens with one attached hydrogen (secondary N) is 1. The van der Waals surface area contributed by atoms with E-state index in [9.17, 15) is 9.59 Å². The summed E-state index contributed by atoms with van der Waals surface area (Å²) < 4.78 is 12.6. The van der Waals surface area contributed by atoms with Crippen LogP contribution in [0.3, 0.4) is 0 Å². The summed E-state index contributed by atoms with van der Waals surface area (Å²) in [6, 6.07) is 18.3. The van der Waals surface area contributed by atoms with E-state index in [2.05, 4.69) is 10.4 Å². The summed E-state index contributed by atoms with van der Waals surface area (Å²) in [6.07, 6.45) is 0. The zero-order chi connectivity index (χ0) is 21.6. The largest absolute Gasteiger partial charge is 0.457 e. The van der Waals surface area contributed by atoms with Crippen molar-refractivity contribution in [3.8, 4) is 11.5 Å². The Morgan fingerprint density at radius 3 is 2.42 bits per heavy atom. The normalized spacial score (nSPS) is 13.6. The van der Waals surface area contributed by atoms with Gasteiger partial charge in [-0.25, -0.2) is 0 Å². The Labute approximate surface area is 180 Å². The van der Waals surface area contributed by atoms with Gasteiger partial charge in [0.15, 0.2) is 5.69 Å². The third-order valence-corrected chi connectivity index (χ3v) is 4.91. The Hall–Kier alpha value is -3.65. The lowest BCUT2D eigenvalue weighted by molar-refractivity contribution is -0.116. The van der Waals surface area contributed by atoms with Gasteiger partial charge in [0.25, 0.3) is 5.91 Å². The van der Waals surface area contributed by atoms with E-state index in [0.29, 0.717) is 43.4 Å². The van der Waals surface area contributed by atoms with Gasteiger partial charge in [-0.1, -0.05) is 18.2 Å². The molecule has 31 heavy (non-hydrogen) atoms. The molecule has 4 rings (SSSR count). The average Bonchev–Trinajstić information content (AvgIpc) is 3.16. The Kier molecular flexibility index (Phi) is 6.28. The fraction of sp³-hybridized carbons (Fsp3) is 0.261. The molecule has 160 valence electrons. The fourth-order valence-corrected chi connectivity index (χ4v) is 3.27. The maximum absolute atomic E-state index is 12.6. The van der Waals surface area contributed by atoms with Gasteiger partial charge in [-0.15, -0.1) is 0 Å². The van der Waals surface area contributed by atoms with Crippen molar-refractivity contribution in [2.24, 2.45) is 0 Å². The first-order chi connectivity index (χ1) is 15.1. The van der Waals surface area contributed by atoms with E-state index >= 15 is 0 Å². The number of aryl methyl sites for hydroxylation is 1. The minimum absolute atomic E-state index is 0.0183. The van der Waals surface area contributed by atoms with Crippen molar-refractivity contribution in [2.45, 2.75) is 13.5 Å². The van der Waals surface area contributed by atoms with E-state index in [1.54, 1.807) is 35.2 Å². The van der Waals surface area contributed by atoms with Crippen molar-refractivity contribution in [3.05, 3.63) is 72.1 Å². The number of rotatable bonds is 6. The molecule has 0 atom stereocenters. The van der Waals surface area contributed by atoms with E-state index in [-0.39, 0.29) is 18.4 Å². The summed E-state index contributed by atoms with van der Waals surface area (Å²) >= 11 is 0. The maximum Gasteiger partial charge on any atom is 0.274 e. The van der Waals surface area contributed by atoms with Gasteiger partial charge in [0.1, 0.15) is 18.0 Å². The lowest BCUT2D eigenvalue weighted by atomic mass is 10.3. The molecule has 2 heterocycles. The van der Waals surface area contributed by atoms with Gasteiger partial charge >= 0.3 is 0 Å². The fourth-order valence-electron chi connectivity index (χ4n) is 3.27. The molecule has 0 bridgehead atoms. The molecule has 1 saturated heterocycles. The van der Waals surface area contributed by atoms with Crippen molar-refractivity contribution in [1.29, 1.82) is 0 Å². The van der Waals surface area contributed by atoms with Crippen LogP contribution in [0, 0.1) is 6.92 Å². The molecule has 1 N–H and O–H groups in total. The first-order valence-electron chi connectivity index (χ1n) is 10.1. The van der Waals surface area contributed by atoms with E-state index in [0.717, 1.165) is 11.4 Å². The number of morpholine rings is 1. The van der Waals surface area contributed by atoms with Crippen LogP contribution in [-0.4, -0.2) is 52.8 Å². The number of carbonyl (C=O) groups is 2. The van der Waals surface area contributed by atoms with Crippen LogP contribution in [0.4, 0.5) is 5.69 Å². The number of para-hydroxylation sites is 1. The van der Waals surface area contributed by atoms with Gasteiger partial charge in [0.2, 0.25) is 5.91 Å². The Morgan fingerprint density at radius 1 is 1.03 bits per heavy atom. The molecule has 0 radical (unpaired) electrons. The molecule has 3 aromatic rings. The van der Waals surface area contributed by atoms with Gasteiger partial charge in [-0.2, -0.15) is 5.10 Å². The second-order valence-corrected chi connectivity index (χ2v) is 7.22. The summed E-state index contributed by atoms with van der Waals surface area (Å²) in [4.78, 5) is 26.8. The lowest BCUT2D eigenvalue weighted by Crippen LogP contribution is -2.40. The second kappa shape index (κ2) is 9.44. The molecule has 0 saturated carbocycles. The highest BCUT2D eigenvalue weighted by Gasteiger charge is 2.22. The zero-order valence-corrected chi connectivity index (χ0v) is 17.3. The minimum Gasteiger partial charge on any atom is -0.457 e. The second-order valence-electron chi connectivity index (χ2n) is 7.22. The summed E-state index contributed by atoms with van der Waals surface area (Å²) in [7, 11) is 0. The van der Waals surface area contributed by atoms with Crippen molar-refractivity contribution >= 4 is 17.5 Å². The molecular weight excluding hydrogens is 396 g/mol. The molecular formula is C23H24N4O4. The van der Waals surface area contributed by atoms with Crippen LogP contribution in [-0.2, 0) is 16.1 Å². The third kappa shape index (κ3) is 5.29. The van der Waals surface area contributed by atoms with Gasteiger partial charge in [0.05, 0.1) is 13.2 Å². The van der Waals surface area contributed by atoms with Crippen molar-refractivity contribution in [2.75, 3.05) is 31.6 Å². The summed E-state index contributed by atoms with van der Waals surface area (Å²) in [6.45, 7) is 4.01. The molecule has 1 fully saturated rings.